The van der Waals surface area contributed by atoms with E-state index >= 15 is 0 Å². The molecule has 1 saturated heterocycles. The van der Waals surface area contributed by atoms with E-state index in [2.05, 4.69) is 20.5 Å². The summed E-state index contributed by atoms with van der Waals surface area (Å²) in [5.74, 6) is -0.292. The zero-order valence-corrected chi connectivity index (χ0v) is 15.6. The Labute approximate surface area is 167 Å². The minimum atomic E-state index is -4.84. The maximum Gasteiger partial charge on any atom is 0.433 e. The first-order valence-electron chi connectivity index (χ1n) is 9.40. The molecule has 2 aromatic rings. The van der Waals surface area contributed by atoms with Crippen LogP contribution in [0.15, 0.2) is 18.3 Å². The summed E-state index contributed by atoms with van der Waals surface area (Å²) in [6, 6.07) is 2.24. The number of alkyl halides is 6. The Morgan fingerprint density at radius 3 is 2.37 bits per heavy atom. The number of rotatable bonds is 2. The van der Waals surface area contributed by atoms with Crippen LogP contribution in [-0.2, 0) is 11.8 Å². The van der Waals surface area contributed by atoms with Gasteiger partial charge in [0.05, 0.1) is 17.4 Å². The van der Waals surface area contributed by atoms with Gasteiger partial charge in [-0.25, -0.2) is 4.98 Å². The molecule has 12 heteroatoms. The summed E-state index contributed by atoms with van der Waals surface area (Å²) in [5.41, 5.74) is -3.44. The SMILES string of the molecule is OC1(C(F)(F)F)CCNc2n[nH]c(C3CCN(c4ccc(C(F)(F)F)nc4)CC3)c21. The van der Waals surface area contributed by atoms with Crippen molar-refractivity contribution in [2.24, 2.45) is 0 Å². The molecule has 0 saturated carbocycles. The van der Waals surface area contributed by atoms with Crippen LogP contribution in [0.25, 0.3) is 0 Å². The van der Waals surface area contributed by atoms with E-state index in [1.165, 1.54) is 6.07 Å². The second-order valence-electron chi connectivity index (χ2n) is 7.56. The van der Waals surface area contributed by atoms with Crippen LogP contribution in [0.5, 0.6) is 0 Å². The van der Waals surface area contributed by atoms with Crippen LogP contribution in [0.2, 0.25) is 0 Å². The molecule has 0 spiro atoms. The first kappa shape index (κ1) is 20.8. The van der Waals surface area contributed by atoms with E-state index in [0.717, 1.165) is 12.3 Å². The van der Waals surface area contributed by atoms with E-state index in [-0.39, 0.29) is 29.5 Å². The van der Waals surface area contributed by atoms with Crippen molar-refractivity contribution in [3.63, 3.8) is 0 Å². The number of aromatic amines is 1. The van der Waals surface area contributed by atoms with Crippen molar-refractivity contribution in [3.05, 3.63) is 35.3 Å². The molecule has 0 amide bonds. The van der Waals surface area contributed by atoms with E-state index in [1.807, 2.05) is 4.90 Å². The summed E-state index contributed by atoms with van der Waals surface area (Å²) >= 11 is 0. The van der Waals surface area contributed by atoms with Gasteiger partial charge in [-0.2, -0.15) is 31.4 Å². The number of nitrogens with zero attached hydrogens (tertiary/aromatic N) is 3. The smallest absolute Gasteiger partial charge is 0.376 e. The number of aliphatic hydroxyl groups is 1. The van der Waals surface area contributed by atoms with Crippen molar-refractivity contribution < 1.29 is 31.4 Å². The summed E-state index contributed by atoms with van der Waals surface area (Å²) in [4.78, 5) is 5.28. The van der Waals surface area contributed by atoms with Crippen LogP contribution in [0, 0.1) is 0 Å². The molecule has 6 nitrogen and oxygen atoms in total. The third kappa shape index (κ3) is 3.46. The lowest BCUT2D eigenvalue weighted by molar-refractivity contribution is -0.269. The van der Waals surface area contributed by atoms with Gasteiger partial charge in [-0.1, -0.05) is 0 Å². The number of H-pyrrole nitrogens is 1. The van der Waals surface area contributed by atoms with E-state index in [0.29, 0.717) is 31.6 Å². The van der Waals surface area contributed by atoms with Gasteiger partial charge in [-0.3, -0.25) is 5.10 Å². The van der Waals surface area contributed by atoms with Crippen molar-refractivity contribution in [1.82, 2.24) is 15.2 Å². The van der Waals surface area contributed by atoms with Gasteiger partial charge in [0.1, 0.15) is 5.69 Å². The molecule has 1 fully saturated rings. The summed E-state index contributed by atoms with van der Waals surface area (Å²) in [7, 11) is 0. The number of hydrogen-bond donors (Lipinski definition) is 3. The lowest BCUT2D eigenvalue weighted by Crippen LogP contribution is -2.47. The number of halogens is 6. The highest BCUT2D eigenvalue weighted by atomic mass is 19.4. The third-order valence-electron chi connectivity index (χ3n) is 5.76. The highest BCUT2D eigenvalue weighted by Gasteiger charge is 2.59. The summed E-state index contributed by atoms with van der Waals surface area (Å²) < 4.78 is 78.8. The Hall–Kier alpha value is -2.50. The first-order valence-corrected chi connectivity index (χ1v) is 9.40. The van der Waals surface area contributed by atoms with Crippen LogP contribution in [0.1, 0.15) is 42.1 Å². The van der Waals surface area contributed by atoms with Crippen LogP contribution in [0.3, 0.4) is 0 Å². The van der Waals surface area contributed by atoms with Gasteiger partial charge >= 0.3 is 12.4 Å². The quantitative estimate of drug-likeness (QED) is 0.626. The molecule has 1 atom stereocenters. The number of fused-ring (bicyclic) bond motifs is 1. The monoisotopic (exact) mass is 435 g/mol. The fourth-order valence-corrected chi connectivity index (χ4v) is 4.13. The molecule has 0 aliphatic carbocycles. The molecule has 2 aliphatic rings. The minimum absolute atomic E-state index is 0.00504. The first-order chi connectivity index (χ1) is 14.0. The van der Waals surface area contributed by atoms with Gasteiger partial charge in [-0.05, 0) is 25.0 Å². The Kier molecular flexibility index (Phi) is 4.87. The van der Waals surface area contributed by atoms with Gasteiger partial charge in [0, 0.05) is 37.7 Å². The molecular weight excluding hydrogens is 416 g/mol. The molecule has 4 heterocycles. The molecule has 0 radical (unpaired) electrons. The number of piperidine rings is 1. The molecule has 0 bridgehead atoms. The maximum absolute atomic E-state index is 13.6. The zero-order valence-electron chi connectivity index (χ0n) is 15.6. The number of hydrogen-bond acceptors (Lipinski definition) is 5. The Morgan fingerprint density at radius 1 is 1.10 bits per heavy atom. The summed E-state index contributed by atoms with van der Waals surface area (Å²) in [6.07, 6.45) is -7.82. The van der Waals surface area contributed by atoms with Gasteiger partial charge in [0.25, 0.3) is 0 Å². The zero-order chi connectivity index (χ0) is 21.7. The van der Waals surface area contributed by atoms with Crippen LogP contribution >= 0.6 is 0 Å². The Balaban J connectivity index is 1.51. The standard InChI is InChI=1S/C18H19F6N5O/c19-17(20,21)12-2-1-11(9-26-12)29-7-3-10(4-8-29)14-13-15(28-27-14)25-6-5-16(13,30)18(22,23)24/h1-2,9-10,30H,3-8H2,(H2,25,27,28). The predicted molar refractivity (Wildman–Crippen MR) is 95.1 cm³/mol. The highest BCUT2D eigenvalue weighted by Crippen LogP contribution is 2.49. The lowest BCUT2D eigenvalue weighted by Gasteiger charge is -2.37. The van der Waals surface area contributed by atoms with Crippen molar-refractivity contribution in [2.45, 2.75) is 43.1 Å². The second-order valence-corrected chi connectivity index (χ2v) is 7.56. The van der Waals surface area contributed by atoms with Gasteiger partial charge in [0.2, 0.25) is 0 Å². The van der Waals surface area contributed by atoms with Gasteiger partial charge in [-0.15, -0.1) is 0 Å². The van der Waals surface area contributed by atoms with Crippen LogP contribution < -0.4 is 10.2 Å². The largest absolute Gasteiger partial charge is 0.433 e. The van der Waals surface area contributed by atoms with Crippen molar-refractivity contribution in [2.75, 3.05) is 29.9 Å². The van der Waals surface area contributed by atoms with Crippen molar-refractivity contribution >= 4 is 11.5 Å². The van der Waals surface area contributed by atoms with Crippen molar-refractivity contribution in [3.8, 4) is 0 Å². The third-order valence-corrected chi connectivity index (χ3v) is 5.76. The molecule has 2 aliphatic heterocycles. The fourth-order valence-electron chi connectivity index (χ4n) is 4.13. The number of aromatic nitrogens is 3. The summed E-state index contributed by atoms with van der Waals surface area (Å²) in [6.45, 7) is 0.791. The average molecular weight is 435 g/mol. The van der Waals surface area contributed by atoms with E-state index in [9.17, 15) is 31.4 Å². The van der Waals surface area contributed by atoms with Crippen molar-refractivity contribution in [1.29, 1.82) is 0 Å². The second kappa shape index (κ2) is 7.03. The maximum atomic E-state index is 13.6. The number of anilines is 2. The lowest BCUT2D eigenvalue weighted by atomic mass is 9.81. The molecular formula is C18H19F6N5O. The highest BCUT2D eigenvalue weighted by molar-refractivity contribution is 5.55. The Bertz CT molecular complexity index is 901. The predicted octanol–water partition coefficient (Wildman–Crippen LogP) is 3.77. The Morgan fingerprint density at radius 2 is 1.80 bits per heavy atom. The minimum Gasteiger partial charge on any atom is -0.376 e. The molecule has 1 unspecified atom stereocenters. The van der Waals surface area contributed by atoms with Crippen LogP contribution in [-0.4, -0.2) is 46.1 Å². The molecule has 0 aromatic carbocycles. The number of pyridine rings is 1. The average Bonchev–Trinajstić information content (AvgIpc) is 3.12. The van der Waals surface area contributed by atoms with E-state index < -0.39 is 30.1 Å². The molecule has 164 valence electrons. The van der Waals surface area contributed by atoms with E-state index in [1.54, 1.807) is 0 Å². The topological polar surface area (TPSA) is 77.1 Å². The van der Waals surface area contributed by atoms with E-state index in [4.69, 9.17) is 0 Å². The molecule has 3 N–H and O–H groups in total. The van der Waals surface area contributed by atoms with Gasteiger partial charge in [0.15, 0.2) is 11.4 Å². The molecule has 4 rings (SSSR count). The van der Waals surface area contributed by atoms with Crippen LogP contribution in [0.4, 0.5) is 37.8 Å². The number of nitrogens with one attached hydrogen (secondary N) is 2. The summed E-state index contributed by atoms with van der Waals surface area (Å²) in [5, 5.41) is 19.8. The normalized spacial score (nSPS) is 23.2. The fraction of sp³-hybridized carbons (Fsp3) is 0.556. The molecule has 30 heavy (non-hydrogen) atoms. The molecule has 2 aromatic heterocycles. The van der Waals surface area contributed by atoms with Gasteiger partial charge < -0.3 is 15.3 Å².